The lowest BCUT2D eigenvalue weighted by Crippen LogP contribution is -2.12. The lowest BCUT2D eigenvalue weighted by Gasteiger charge is -2.20. The SMILES string of the molecule is Cc1cc(C(C)Nc2ccccc2-c2cncs2)c2oc(-c3cccnc3)c(C)c(=O)c2c1. The first-order valence-corrected chi connectivity index (χ1v) is 11.6. The Hall–Kier alpha value is -3.77. The Morgan fingerprint density at radius 1 is 1.03 bits per heavy atom. The summed E-state index contributed by atoms with van der Waals surface area (Å²) in [4.78, 5) is 22.8. The summed E-state index contributed by atoms with van der Waals surface area (Å²) < 4.78 is 6.42. The molecule has 0 saturated carbocycles. The molecule has 1 N–H and O–H groups in total. The third-order valence-electron chi connectivity index (χ3n) is 5.78. The number of rotatable bonds is 5. The molecule has 5 aromatic rings. The maximum absolute atomic E-state index is 13.3. The maximum atomic E-state index is 13.3. The van der Waals surface area contributed by atoms with Gasteiger partial charge in [-0.15, -0.1) is 11.3 Å². The second-order valence-corrected chi connectivity index (χ2v) is 9.02. The van der Waals surface area contributed by atoms with Crippen molar-refractivity contribution in [2.75, 3.05) is 5.32 Å². The zero-order valence-corrected chi connectivity index (χ0v) is 19.4. The van der Waals surface area contributed by atoms with Gasteiger partial charge >= 0.3 is 0 Å². The number of hydrogen-bond donors (Lipinski definition) is 1. The molecule has 0 amide bonds. The number of anilines is 1. The van der Waals surface area contributed by atoms with Crippen LogP contribution in [0.2, 0.25) is 0 Å². The Kier molecular flexibility index (Phi) is 5.52. The first kappa shape index (κ1) is 21.1. The topological polar surface area (TPSA) is 68.0 Å². The number of aryl methyl sites for hydroxylation is 1. The highest BCUT2D eigenvalue weighted by atomic mass is 32.1. The zero-order valence-electron chi connectivity index (χ0n) is 18.6. The van der Waals surface area contributed by atoms with Gasteiger partial charge in [0.15, 0.2) is 5.43 Å². The van der Waals surface area contributed by atoms with E-state index in [1.165, 1.54) is 0 Å². The van der Waals surface area contributed by atoms with E-state index in [2.05, 4.69) is 40.4 Å². The van der Waals surface area contributed by atoms with Crippen LogP contribution in [0, 0.1) is 13.8 Å². The smallest absolute Gasteiger partial charge is 0.196 e. The Morgan fingerprint density at radius 3 is 2.64 bits per heavy atom. The predicted octanol–water partition coefficient (Wildman–Crippen LogP) is 6.77. The molecule has 5 rings (SSSR count). The summed E-state index contributed by atoms with van der Waals surface area (Å²) in [7, 11) is 0. The van der Waals surface area contributed by atoms with Gasteiger partial charge in [0.25, 0.3) is 0 Å². The summed E-state index contributed by atoms with van der Waals surface area (Å²) in [5.41, 5.74) is 7.85. The Balaban J connectivity index is 1.64. The molecule has 0 aliphatic carbocycles. The summed E-state index contributed by atoms with van der Waals surface area (Å²) in [6.07, 6.45) is 5.30. The second kappa shape index (κ2) is 8.64. The van der Waals surface area contributed by atoms with Crippen LogP contribution in [0.3, 0.4) is 0 Å². The van der Waals surface area contributed by atoms with Crippen molar-refractivity contribution in [3.63, 3.8) is 0 Å². The van der Waals surface area contributed by atoms with Crippen LogP contribution in [0.1, 0.15) is 29.7 Å². The van der Waals surface area contributed by atoms with Crippen molar-refractivity contribution in [1.29, 1.82) is 0 Å². The Morgan fingerprint density at radius 2 is 1.88 bits per heavy atom. The molecule has 0 bridgehead atoms. The Labute approximate surface area is 195 Å². The molecular formula is C27H23N3O2S. The van der Waals surface area contributed by atoms with Gasteiger partial charge in [0.2, 0.25) is 0 Å². The van der Waals surface area contributed by atoms with Crippen LogP contribution >= 0.6 is 11.3 Å². The molecule has 6 heteroatoms. The van der Waals surface area contributed by atoms with E-state index < -0.39 is 0 Å². The summed E-state index contributed by atoms with van der Waals surface area (Å²) in [6, 6.07) is 15.8. The fourth-order valence-electron chi connectivity index (χ4n) is 4.15. The van der Waals surface area contributed by atoms with E-state index in [1.54, 1.807) is 23.7 Å². The molecule has 0 aliphatic rings. The molecule has 0 spiro atoms. The third-order valence-corrected chi connectivity index (χ3v) is 6.59. The molecule has 3 heterocycles. The van der Waals surface area contributed by atoms with Crippen LogP contribution < -0.4 is 10.7 Å². The van der Waals surface area contributed by atoms with E-state index in [9.17, 15) is 4.79 Å². The number of para-hydroxylation sites is 1. The number of thiazole rings is 1. The lowest BCUT2D eigenvalue weighted by atomic mass is 9.98. The summed E-state index contributed by atoms with van der Waals surface area (Å²) >= 11 is 1.60. The van der Waals surface area contributed by atoms with E-state index in [0.29, 0.717) is 22.3 Å². The summed E-state index contributed by atoms with van der Waals surface area (Å²) in [5.74, 6) is 0.558. The number of hydrogen-bond acceptors (Lipinski definition) is 6. The van der Waals surface area contributed by atoms with Gasteiger partial charge in [-0.2, -0.15) is 0 Å². The maximum Gasteiger partial charge on any atom is 0.196 e. The molecule has 1 unspecified atom stereocenters. The number of aromatic nitrogens is 2. The molecule has 2 aromatic carbocycles. The number of nitrogens with zero attached hydrogens (tertiary/aromatic N) is 2. The first-order chi connectivity index (χ1) is 16.0. The van der Waals surface area contributed by atoms with Crippen LogP contribution in [0.4, 0.5) is 5.69 Å². The zero-order chi connectivity index (χ0) is 22.9. The average Bonchev–Trinajstić information content (AvgIpc) is 3.37. The predicted molar refractivity (Wildman–Crippen MR) is 135 cm³/mol. The molecule has 0 aliphatic heterocycles. The molecule has 0 radical (unpaired) electrons. The van der Waals surface area contributed by atoms with E-state index in [1.807, 2.05) is 55.9 Å². The molecule has 0 fully saturated rings. The largest absolute Gasteiger partial charge is 0.455 e. The molecule has 0 saturated heterocycles. The molecule has 5 nitrogen and oxygen atoms in total. The summed E-state index contributed by atoms with van der Waals surface area (Å²) in [6.45, 7) is 5.90. The minimum absolute atomic E-state index is 0.0164. The quantitative estimate of drug-likeness (QED) is 0.318. The van der Waals surface area contributed by atoms with Gasteiger partial charge in [0.05, 0.1) is 21.8 Å². The number of benzene rings is 2. The van der Waals surface area contributed by atoms with Crippen molar-refractivity contribution in [1.82, 2.24) is 9.97 Å². The van der Waals surface area contributed by atoms with Gasteiger partial charge in [0.1, 0.15) is 11.3 Å². The van der Waals surface area contributed by atoms with Crippen molar-refractivity contribution in [3.05, 3.63) is 99.5 Å². The van der Waals surface area contributed by atoms with Crippen molar-refractivity contribution in [2.24, 2.45) is 0 Å². The normalized spacial score (nSPS) is 12.1. The van der Waals surface area contributed by atoms with E-state index >= 15 is 0 Å². The standard InChI is InChI=1S/C27H23N3O2S/c1-16-11-21(18(3)30-23-9-5-4-8-20(23)24-14-29-15-33-24)27-22(12-16)25(31)17(2)26(32-27)19-7-6-10-28-13-19/h4-15,18,30H,1-3H3. The molecule has 164 valence electrons. The van der Waals surface area contributed by atoms with Gasteiger partial charge in [-0.25, -0.2) is 0 Å². The highest BCUT2D eigenvalue weighted by Gasteiger charge is 2.19. The van der Waals surface area contributed by atoms with Gasteiger partial charge in [-0.1, -0.05) is 24.3 Å². The molecule has 33 heavy (non-hydrogen) atoms. The van der Waals surface area contributed by atoms with Gasteiger partial charge in [-0.3, -0.25) is 14.8 Å². The lowest BCUT2D eigenvalue weighted by molar-refractivity contribution is 0.605. The number of pyridine rings is 1. The Bertz CT molecular complexity index is 1490. The first-order valence-electron chi connectivity index (χ1n) is 10.8. The summed E-state index contributed by atoms with van der Waals surface area (Å²) in [5, 5.41) is 4.23. The van der Waals surface area contributed by atoms with Crippen molar-refractivity contribution >= 4 is 28.0 Å². The van der Waals surface area contributed by atoms with Gasteiger partial charge < -0.3 is 9.73 Å². The molecule has 1 atom stereocenters. The highest BCUT2D eigenvalue weighted by Crippen LogP contribution is 2.35. The van der Waals surface area contributed by atoms with Crippen molar-refractivity contribution < 1.29 is 4.42 Å². The fourth-order valence-corrected chi connectivity index (χ4v) is 4.81. The second-order valence-electron chi connectivity index (χ2n) is 8.14. The van der Waals surface area contributed by atoms with Crippen molar-refractivity contribution in [3.8, 4) is 21.8 Å². The van der Waals surface area contributed by atoms with Crippen LogP contribution in [-0.4, -0.2) is 9.97 Å². The van der Waals surface area contributed by atoms with E-state index in [-0.39, 0.29) is 11.5 Å². The minimum Gasteiger partial charge on any atom is -0.455 e. The van der Waals surface area contributed by atoms with Crippen LogP contribution in [-0.2, 0) is 0 Å². The van der Waals surface area contributed by atoms with E-state index in [0.717, 1.165) is 32.8 Å². The fraction of sp³-hybridized carbons (Fsp3) is 0.148. The van der Waals surface area contributed by atoms with Gasteiger partial charge in [-0.05, 0) is 50.6 Å². The van der Waals surface area contributed by atoms with E-state index in [4.69, 9.17) is 4.42 Å². The third kappa shape index (κ3) is 3.94. The molecule has 3 aromatic heterocycles. The number of nitrogens with one attached hydrogen (secondary N) is 1. The highest BCUT2D eigenvalue weighted by molar-refractivity contribution is 7.13. The van der Waals surface area contributed by atoms with Gasteiger partial charge in [0, 0.05) is 46.5 Å². The molecular weight excluding hydrogens is 430 g/mol. The van der Waals surface area contributed by atoms with Crippen LogP contribution in [0.5, 0.6) is 0 Å². The monoisotopic (exact) mass is 453 g/mol. The average molecular weight is 454 g/mol. The van der Waals surface area contributed by atoms with Crippen LogP contribution in [0.15, 0.2) is 81.8 Å². The van der Waals surface area contributed by atoms with Crippen LogP contribution in [0.25, 0.3) is 32.7 Å². The van der Waals surface area contributed by atoms with Crippen molar-refractivity contribution in [2.45, 2.75) is 26.8 Å². The minimum atomic E-state index is -0.103. The number of fused-ring (bicyclic) bond motifs is 1.